The lowest BCUT2D eigenvalue weighted by Crippen LogP contribution is -2.32. The lowest BCUT2D eigenvalue weighted by atomic mass is 10.1. The molecule has 0 saturated carbocycles. The summed E-state index contributed by atoms with van der Waals surface area (Å²) < 4.78 is 20.0. The maximum atomic E-state index is 14.2. The van der Waals surface area contributed by atoms with Crippen LogP contribution in [-0.4, -0.2) is 39.6 Å². The Kier molecular flexibility index (Phi) is 5.55. The first-order valence-corrected chi connectivity index (χ1v) is 9.32. The van der Waals surface area contributed by atoms with Gasteiger partial charge in [0, 0.05) is 37.4 Å². The largest absolute Gasteiger partial charge is 0.377 e. The maximum Gasteiger partial charge on any atom is 0.127 e. The van der Waals surface area contributed by atoms with Crippen LogP contribution in [0.15, 0.2) is 54.6 Å². The summed E-state index contributed by atoms with van der Waals surface area (Å²) in [6.45, 7) is 2.63. The van der Waals surface area contributed by atoms with E-state index in [2.05, 4.69) is 20.3 Å². The molecule has 4 rings (SSSR count). The SMILES string of the molecule is Fc1ccccc1CN(Cc1n[nH]nc1-c1ccccc1)C[C@H]1CCCO1. The minimum atomic E-state index is -0.182. The number of rotatable bonds is 7. The van der Waals surface area contributed by atoms with E-state index < -0.39 is 0 Å². The van der Waals surface area contributed by atoms with E-state index in [1.165, 1.54) is 6.07 Å². The van der Waals surface area contributed by atoms with Crippen LogP contribution >= 0.6 is 0 Å². The Morgan fingerprint density at radius 3 is 2.63 bits per heavy atom. The number of halogens is 1. The van der Waals surface area contributed by atoms with Gasteiger partial charge in [-0.05, 0) is 18.9 Å². The summed E-state index contributed by atoms with van der Waals surface area (Å²) in [7, 11) is 0. The van der Waals surface area contributed by atoms with Crippen LogP contribution in [0.1, 0.15) is 24.1 Å². The van der Waals surface area contributed by atoms with Gasteiger partial charge in [-0.3, -0.25) is 4.90 Å². The number of nitrogens with zero attached hydrogens (tertiary/aromatic N) is 3. The lowest BCUT2D eigenvalue weighted by molar-refractivity contribution is 0.0671. The van der Waals surface area contributed by atoms with E-state index in [-0.39, 0.29) is 11.9 Å². The first-order valence-electron chi connectivity index (χ1n) is 9.32. The molecule has 0 radical (unpaired) electrons. The van der Waals surface area contributed by atoms with Crippen molar-refractivity contribution in [3.63, 3.8) is 0 Å². The van der Waals surface area contributed by atoms with Gasteiger partial charge in [0.05, 0.1) is 6.10 Å². The molecule has 27 heavy (non-hydrogen) atoms. The van der Waals surface area contributed by atoms with Gasteiger partial charge in [-0.25, -0.2) is 4.39 Å². The summed E-state index contributed by atoms with van der Waals surface area (Å²) in [5.41, 5.74) is 3.39. The number of ether oxygens (including phenoxy) is 1. The Hall–Kier alpha value is -2.57. The van der Waals surface area contributed by atoms with Gasteiger partial charge >= 0.3 is 0 Å². The van der Waals surface area contributed by atoms with E-state index in [0.717, 1.165) is 42.9 Å². The predicted molar refractivity (Wildman–Crippen MR) is 101 cm³/mol. The Balaban J connectivity index is 1.56. The highest BCUT2D eigenvalue weighted by atomic mass is 19.1. The molecule has 140 valence electrons. The number of hydrogen-bond donors (Lipinski definition) is 1. The first kappa shape index (κ1) is 17.8. The van der Waals surface area contributed by atoms with E-state index in [4.69, 9.17) is 4.74 Å². The van der Waals surface area contributed by atoms with Crippen LogP contribution in [0.4, 0.5) is 4.39 Å². The summed E-state index contributed by atoms with van der Waals surface area (Å²) in [6.07, 6.45) is 2.30. The zero-order chi connectivity index (χ0) is 18.5. The second kappa shape index (κ2) is 8.41. The van der Waals surface area contributed by atoms with Gasteiger partial charge in [-0.15, -0.1) is 0 Å². The van der Waals surface area contributed by atoms with Gasteiger partial charge in [0.1, 0.15) is 17.2 Å². The van der Waals surface area contributed by atoms with Crippen LogP contribution < -0.4 is 0 Å². The first-order chi connectivity index (χ1) is 13.3. The van der Waals surface area contributed by atoms with E-state index in [9.17, 15) is 4.39 Å². The number of hydrogen-bond acceptors (Lipinski definition) is 4. The fourth-order valence-electron chi connectivity index (χ4n) is 3.53. The fraction of sp³-hybridized carbons (Fsp3) is 0.333. The van der Waals surface area contributed by atoms with Gasteiger partial charge in [0.2, 0.25) is 0 Å². The molecule has 0 bridgehead atoms. The normalized spacial score (nSPS) is 16.9. The van der Waals surface area contributed by atoms with Crippen molar-refractivity contribution in [2.24, 2.45) is 0 Å². The van der Waals surface area contributed by atoms with Crippen molar-refractivity contribution in [1.82, 2.24) is 20.3 Å². The van der Waals surface area contributed by atoms with Gasteiger partial charge in [-0.1, -0.05) is 48.5 Å². The quantitative estimate of drug-likeness (QED) is 0.691. The van der Waals surface area contributed by atoms with E-state index in [1.54, 1.807) is 6.07 Å². The molecule has 2 heterocycles. The molecule has 1 saturated heterocycles. The summed E-state index contributed by atoms with van der Waals surface area (Å²) in [5, 5.41) is 11.4. The minimum Gasteiger partial charge on any atom is -0.377 e. The smallest absolute Gasteiger partial charge is 0.127 e. The molecule has 0 aliphatic carbocycles. The molecular formula is C21H23FN4O. The van der Waals surface area contributed by atoms with E-state index >= 15 is 0 Å². The van der Waals surface area contributed by atoms with Crippen molar-refractivity contribution < 1.29 is 9.13 Å². The Labute approximate surface area is 158 Å². The standard InChI is InChI=1S/C21H23FN4O/c22-19-11-5-4-9-17(19)13-26(14-18-10-6-12-27-18)15-20-21(24-25-23-20)16-7-2-1-3-8-16/h1-5,7-9,11,18H,6,10,12-15H2,(H,23,24,25)/t18-/m1/s1. The third-order valence-corrected chi connectivity index (χ3v) is 4.88. The van der Waals surface area contributed by atoms with Gasteiger partial charge < -0.3 is 4.74 Å². The monoisotopic (exact) mass is 366 g/mol. The third kappa shape index (κ3) is 4.40. The number of H-pyrrole nitrogens is 1. The van der Waals surface area contributed by atoms with Crippen molar-refractivity contribution in [2.75, 3.05) is 13.2 Å². The Morgan fingerprint density at radius 2 is 1.85 bits per heavy atom. The van der Waals surface area contributed by atoms with Gasteiger partial charge in [-0.2, -0.15) is 15.4 Å². The van der Waals surface area contributed by atoms with E-state index in [1.807, 2.05) is 42.5 Å². The third-order valence-electron chi connectivity index (χ3n) is 4.88. The van der Waals surface area contributed by atoms with Gasteiger partial charge in [0.15, 0.2) is 0 Å². The highest BCUT2D eigenvalue weighted by Gasteiger charge is 2.22. The summed E-state index contributed by atoms with van der Waals surface area (Å²) in [4.78, 5) is 2.19. The molecule has 6 heteroatoms. The number of aromatic nitrogens is 3. The maximum absolute atomic E-state index is 14.2. The second-order valence-electron chi connectivity index (χ2n) is 6.88. The molecule has 0 unspecified atom stereocenters. The van der Waals surface area contributed by atoms with Crippen LogP contribution in [0.25, 0.3) is 11.3 Å². The lowest BCUT2D eigenvalue weighted by Gasteiger charge is -2.25. The highest BCUT2D eigenvalue weighted by Crippen LogP contribution is 2.23. The molecule has 1 aliphatic rings. The topological polar surface area (TPSA) is 54.0 Å². The summed E-state index contributed by atoms with van der Waals surface area (Å²) in [6, 6.07) is 16.9. The average molecular weight is 366 g/mol. The van der Waals surface area contributed by atoms with Gasteiger partial charge in [0.25, 0.3) is 0 Å². The van der Waals surface area contributed by atoms with Crippen LogP contribution in [0, 0.1) is 5.82 Å². The Morgan fingerprint density at radius 1 is 1.04 bits per heavy atom. The Bertz CT molecular complexity index is 861. The summed E-state index contributed by atoms with van der Waals surface area (Å²) in [5.74, 6) is -0.182. The van der Waals surface area contributed by atoms with E-state index in [0.29, 0.717) is 18.7 Å². The zero-order valence-corrected chi connectivity index (χ0v) is 15.1. The average Bonchev–Trinajstić information content (AvgIpc) is 3.36. The van der Waals surface area contributed by atoms with Crippen LogP contribution in [0.5, 0.6) is 0 Å². The number of benzene rings is 2. The molecule has 1 atom stereocenters. The van der Waals surface area contributed by atoms with Crippen molar-refractivity contribution in [2.45, 2.75) is 32.0 Å². The molecule has 1 aliphatic heterocycles. The molecule has 5 nitrogen and oxygen atoms in total. The number of aromatic amines is 1. The number of nitrogens with one attached hydrogen (secondary N) is 1. The molecule has 1 N–H and O–H groups in total. The predicted octanol–water partition coefficient (Wildman–Crippen LogP) is 3.79. The molecule has 0 amide bonds. The molecular weight excluding hydrogens is 343 g/mol. The summed E-state index contributed by atoms with van der Waals surface area (Å²) >= 11 is 0. The zero-order valence-electron chi connectivity index (χ0n) is 15.1. The molecule has 3 aromatic rings. The van der Waals surface area contributed by atoms with Crippen LogP contribution in [-0.2, 0) is 17.8 Å². The van der Waals surface area contributed by atoms with Crippen molar-refractivity contribution in [1.29, 1.82) is 0 Å². The fourth-order valence-corrected chi connectivity index (χ4v) is 3.53. The second-order valence-corrected chi connectivity index (χ2v) is 6.88. The molecule has 1 aromatic heterocycles. The minimum absolute atomic E-state index is 0.182. The van der Waals surface area contributed by atoms with Crippen molar-refractivity contribution in [3.8, 4) is 11.3 Å². The van der Waals surface area contributed by atoms with Crippen molar-refractivity contribution >= 4 is 0 Å². The molecule has 1 fully saturated rings. The van der Waals surface area contributed by atoms with Crippen molar-refractivity contribution in [3.05, 3.63) is 71.7 Å². The molecule has 0 spiro atoms. The molecule has 2 aromatic carbocycles. The highest BCUT2D eigenvalue weighted by molar-refractivity contribution is 5.60. The van der Waals surface area contributed by atoms with Crippen LogP contribution in [0.2, 0.25) is 0 Å². The van der Waals surface area contributed by atoms with Crippen LogP contribution in [0.3, 0.4) is 0 Å².